The SMILES string of the molecule is CN(C)Cc1ccc([C@H]2CCCCN2C(=O)CCn2cncn2)cc1. The number of carbonyl (C=O) groups is 1. The van der Waals surface area contributed by atoms with E-state index in [1.165, 1.54) is 23.9 Å². The summed E-state index contributed by atoms with van der Waals surface area (Å²) >= 11 is 0. The highest BCUT2D eigenvalue weighted by atomic mass is 16.2. The molecule has 134 valence electrons. The second-order valence-corrected chi connectivity index (χ2v) is 6.99. The Kier molecular flexibility index (Phi) is 5.81. The number of aryl methyl sites for hydroxylation is 1. The molecule has 0 radical (unpaired) electrons. The zero-order valence-electron chi connectivity index (χ0n) is 15.1. The predicted octanol–water partition coefficient (Wildman–Crippen LogP) is 2.48. The van der Waals surface area contributed by atoms with E-state index >= 15 is 0 Å². The number of likely N-dealkylation sites (tertiary alicyclic amines) is 1. The molecule has 0 spiro atoms. The van der Waals surface area contributed by atoms with Gasteiger partial charge in [0.2, 0.25) is 5.91 Å². The Morgan fingerprint density at radius 1 is 1.24 bits per heavy atom. The lowest BCUT2D eigenvalue weighted by atomic mass is 9.94. The Bertz CT molecular complexity index is 666. The molecule has 0 N–H and O–H groups in total. The molecule has 6 nitrogen and oxygen atoms in total. The van der Waals surface area contributed by atoms with Gasteiger partial charge in [-0.2, -0.15) is 5.10 Å². The maximum atomic E-state index is 12.7. The van der Waals surface area contributed by atoms with Crippen LogP contribution in [0.1, 0.15) is 42.9 Å². The summed E-state index contributed by atoms with van der Waals surface area (Å²) < 4.78 is 1.72. The highest BCUT2D eigenvalue weighted by Crippen LogP contribution is 2.31. The molecule has 1 aromatic heterocycles. The summed E-state index contributed by atoms with van der Waals surface area (Å²) in [6.45, 7) is 2.37. The van der Waals surface area contributed by atoms with Gasteiger partial charge in [-0.1, -0.05) is 24.3 Å². The topological polar surface area (TPSA) is 54.3 Å². The molecular formula is C19H27N5O. The second kappa shape index (κ2) is 8.25. The van der Waals surface area contributed by atoms with E-state index in [0.29, 0.717) is 13.0 Å². The minimum atomic E-state index is 0.199. The number of benzene rings is 1. The van der Waals surface area contributed by atoms with Gasteiger partial charge in [0.05, 0.1) is 12.6 Å². The van der Waals surface area contributed by atoms with Crippen LogP contribution in [0.2, 0.25) is 0 Å². The maximum Gasteiger partial charge on any atom is 0.224 e. The first-order valence-electron chi connectivity index (χ1n) is 8.99. The molecule has 1 amide bonds. The number of hydrogen-bond acceptors (Lipinski definition) is 4. The third-order valence-corrected chi connectivity index (χ3v) is 4.71. The van der Waals surface area contributed by atoms with Crippen LogP contribution < -0.4 is 0 Å². The Balaban J connectivity index is 1.66. The van der Waals surface area contributed by atoms with Crippen molar-refractivity contribution in [1.82, 2.24) is 24.6 Å². The minimum Gasteiger partial charge on any atom is -0.336 e. The number of rotatable bonds is 6. The van der Waals surface area contributed by atoms with Gasteiger partial charge in [-0.15, -0.1) is 0 Å². The van der Waals surface area contributed by atoms with E-state index in [4.69, 9.17) is 0 Å². The van der Waals surface area contributed by atoms with E-state index in [2.05, 4.69) is 58.2 Å². The molecule has 0 aliphatic carbocycles. The van der Waals surface area contributed by atoms with E-state index in [0.717, 1.165) is 25.9 Å². The summed E-state index contributed by atoms with van der Waals surface area (Å²) in [5.74, 6) is 0.206. The molecular weight excluding hydrogens is 314 g/mol. The number of aromatic nitrogens is 3. The van der Waals surface area contributed by atoms with Crippen LogP contribution in [0.4, 0.5) is 0 Å². The van der Waals surface area contributed by atoms with E-state index in [1.807, 2.05) is 0 Å². The molecule has 1 aliphatic rings. The molecule has 2 heterocycles. The monoisotopic (exact) mass is 341 g/mol. The first kappa shape index (κ1) is 17.6. The molecule has 1 fully saturated rings. The summed E-state index contributed by atoms with van der Waals surface area (Å²) in [7, 11) is 4.15. The molecule has 0 saturated carbocycles. The molecule has 1 aliphatic heterocycles. The lowest BCUT2D eigenvalue weighted by molar-refractivity contribution is -0.135. The number of nitrogens with zero attached hydrogens (tertiary/aromatic N) is 5. The molecule has 2 aromatic rings. The molecule has 1 saturated heterocycles. The highest BCUT2D eigenvalue weighted by Gasteiger charge is 2.27. The third-order valence-electron chi connectivity index (χ3n) is 4.71. The van der Waals surface area contributed by atoms with Crippen molar-refractivity contribution in [2.75, 3.05) is 20.6 Å². The van der Waals surface area contributed by atoms with Crippen LogP contribution in [0.15, 0.2) is 36.9 Å². The third kappa shape index (κ3) is 4.66. The van der Waals surface area contributed by atoms with Crippen molar-refractivity contribution in [3.05, 3.63) is 48.0 Å². The smallest absolute Gasteiger partial charge is 0.224 e. The van der Waals surface area contributed by atoms with Gasteiger partial charge in [0.25, 0.3) is 0 Å². The van der Waals surface area contributed by atoms with Crippen molar-refractivity contribution in [3.63, 3.8) is 0 Å². The minimum absolute atomic E-state index is 0.199. The fourth-order valence-corrected chi connectivity index (χ4v) is 3.49. The molecule has 1 atom stereocenters. The van der Waals surface area contributed by atoms with Crippen molar-refractivity contribution in [3.8, 4) is 0 Å². The van der Waals surface area contributed by atoms with E-state index < -0.39 is 0 Å². The fourth-order valence-electron chi connectivity index (χ4n) is 3.49. The van der Waals surface area contributed by atoms with Crippen LogP contribution in [-0.2, 0) is 17.9 Å². The number of hydrogen-bond donors (Lipinski definition) is 0. The maximum absolute atomic E-state index is 12.7. The van der Waals surface area contributed by atoms with Crippen molar-refractivity contribution >= 4 is 5.91 Å². The molecule has 6 heteroatoms. The number of piperidine rings is 1. The van der Waals surface area contributed by atoms with Crippen LogP contribution in [0.5, 0.6) is 0 Å². The molecule has 3 rings (SSSR count). The lowest BCUT2D eigenvalue weighted by Crippen LogP contribution is -2.38. The standard InChI is InChI=1S/C19H27N5O/c1-22(2)13-16-6-8-17(9-7-16)18-5-3-4-11-24(18)19(25)10-12-23-15-20-14-21-23/h6-9,14-15,18H,3-5,10-13H2,1-2H3/t18-/m1/s1. The zero-order valence-corrected chi connectivity index (χ0v) is 15.1. The van der Waals surface area contributed by atoms with Crippen LogP contribution in [0.3, 0.4) is 0 Å². The van der Waals surface area contributed by atoms with Gasteiger partial charge < -0.3 is 9.80 Å². The van der Waals surface area contributed by atoms with E-state index in [-0.39, 0.29) is 11.9 Å². The Morgan fingerprint density at radius 3 is 2.72 bits per heavy atom. The van der Waals surface area contributed by atoms with Crippen LogP contribution in [0, 0.1) is 0 Å². The van der Waals surface area contributed by atoms with E-state index in [1.54, 1.807) is 11.0 Å². The van der Waals surface area contributed by atoms with Crippen molar-refractivity contribution in [2.45, 2.75) is 44.8 Å². The van der Waals surface area contributed by atoms with Gasteiger partial charge in [-0.05, 0) is 44.5 Å². The molecule has 0 bridgehead atoms. The van der Waals surface area contributed by atoms with Gasteiger partial charge in [0.1, 0.15) is 12.7 Å². The van der Waals surface area contributed by atoms with Gasteiger partial charge in [0, 0.05) is 19.5 Å². The molecule has 1 aromatic carbocycles. The van der Waals surface area contributed by atoms with Gasteiger partial charge in [0.15, 0.2) is 0 Å². The average Bonchev–Trinajstić information content (AvgIpc) is 3.13. The highest BCUT2D eigenvalue weighted by molar-refractivity contribution is 5.76. The zero-order chi connectivity index (χ0) is 17.6. The quantitative estimate of drug-likeness (QED) is 0.810. The van der Waals surface area contributed by atoms with Crippen molar-refractivity contribution in [2.24, 2.45) is 0 Å². The average molecular weight is 341 g/mol. The Morgan fingerprint density at radius 2 is 2.04 bits per heavy atom. The normalized spacial score (nSPS) is 17.9. The number of carbonyl (C=O) groups excluding carboxylic acids is 1. The van der Waals surface area contributed by atoms with Crippen LogP contribution in [0.25, 0.3) is 0 Å². The molecule has 25 heavy (non-hydrogen) atoms. The Hall–Kier alpha value is -2.21. The fraction of sp³-hybridized carbons (Fsp3) is 0.526. The van der Waals surface area contributed by atoms with Gasteiger partial charge >= 0.3 is 0 Å². The summed E-state index contributed by atoms with van der Waals surface area (Å²) in [6.07, 6.45) is 6.94. The van der Waals surface area contributed by atoms with Gasteiger partial charge in [-0.3, -0.25) is 9.48 Å². The summed E-state index contributed by atoms with van der Waals surface area (Å²) in [5.41, 5.74) is 2.55. The summed E-state index contributed by atoms with van der Waals surface area (Å²) in [6, 6.07) is 8.94. The first-order valence-corrected chi connectivity index (χ1v) is 8.99. The van der Waals surface area contributed by atoms with Crippen LogP contribution >= 0.6 is 0 Å². The van der Waals surface area contributed by atoms with Crippen molar-refractivity contribution < 1.29 is 4.79 Å². The largest absolute Gasteiger partial charge is 0.336 e. The second-order valence-electron chi connectivity index (χ2n) is 6.99. The Labute approximate surface area is 149 Å². The van der Waals surface area contributed by atoms with E-state index in [9.17, 15) is 4.79 Å². The van der Waals surface area contributed by atoms with Crippen LogP contribution in [-0.4, -0.2) is 51.1 Å². The summed E-state index contributed by atoms with van der Waals surface area (Å²) in [4.78, 5) is 20.9. The molecule has 0 unspecified atom stereocenters. The predicted molar refractivity (Wildman–Crippen MR) is 96.8 cm³/mol. The summed E-state index contributed by atoms with van der Waals surface area (Å²) in [5, 5.41) is 4.07. The van der Waals surface area contributed by atoms with Gasteiger partial charge in [-0.25, -0.2) is 4.98 Å². The lowest BCUT2D eigenvalue weighted by Gasteiger charge is -2.36. The number of amides is 1. The van der Waals surface area contributed by atoms with Crippen molar-refractivity contribution in [1.29, 1.82) is 0 Å². The first-order chi connectivity index (χ1) is 12.1.